The molecule has 1 saturated heterocycles. The predicted octanol–water partition coefficient (Wildman–Crippen LogP) is 3.29. The van der Waals surface area contributed by atoms with E-state index in [1.807, 2.05) is 0 Å². The van der Waals surface area contributed by atoms with Crippen LogP contribution in [0.25, 0.3) is 0 Å². The number of hydrogen-bond acceptors (Lipinski definition) is 3. The van der Waals surface area contributed by atoms with E-state index in [2.05, 4.69) is 45.4 Å². The zero-order valence-electron chi connectivity index (χ0n) is 15.5. The standard InChI is InChI=1S/C21H33N3O/c25-21(19-9-3-1-4-10-19)22-13-7-8-14-23-15-17-24(18-16-23)20-11-5-2-6-12-20/h2,5-6,11-12,19H,1,3-4,7-10,13-18H2,(H,22,25). The molecule has 0 bridgehead atoms. The second-order valence-electron chi connectivity index (χ2n) is 7.50. The van der Waals surface area contributed by atoms with Crippen molar-refractivity contribution in [2.45, 2.75) is 44.9 Å². The zero-order chi connectivity index (χ0) is 17.3. The first-order chi connectivity index (χ1) is 12.3. The van der Waals surface area contributed by atoms with E-state index in [-0.39, 0.29) is 0 Å². The minimum Gasteiger partial charge on any atom is -0.369 e. The summed E-state index contributed by atoms with van der Waals surface area (Å²) in [7, 11) is 0. The second kappa shape index (κ2) is 9.81. The van der Waals surface area contributed by atoms with E-state index in [9.17, 15) is 4.79 Å². The Hall–Kier alpha value is -1.55. The lowest BCUT2D eigenvalue weighted by Crippen LogP contribution is -2.46. The summed E-state index contributed by atoms with van der Waals surface area (Å²) in [6, 6.07) is 10.7. The first-order valence-corrected chi connectivity index (χ1v) is 10.1. The summed E-state index contributed by atoms with van der Waals surface area (Å²) in [6.07, 6.45) is 8.23. The van der Waals surface area contributed by atoms with Gasteiger partial charge in [-0.1, -0.05) is 37.5 Å². The summed E-state index contributed by atoms with van der Waals surface area (Å²) in [6.45, 7) is 6.51. The molecule has 25 heavy (non-hydrogen) atoms. The molecular formula is C21H33N3O. The minimum absolute atomic E-state index is 0.291. The van der Waals surface area contributed by atoms with E-state index in [4.69, 9.17) is 0 Å². The number of unbranched alkanes of at least 4 members (excludes halogenated alkanes) is 1. The maximum absolute atomic E-state index is 12.1. The first kappa shape index (κ1) is 18.2. The van der Waals surface area contributed by atoms with Crippen LogP contribution in [0, 0.1) is 5.92 Å². The number of nitrogens with zero attached hydrogens (tertiary/aromatic N) is 2. The maximum atomic E-state index is 12.1. The van der Waals surface area contributed by atoms with Crippen LogP contribution < -0.4 is 10.2 Å². The molecule has 3 rings (SSSR count). The number of benzene rings is 1. The minimum atomic E-state index is 0.291. The van der Waals surface area contributed by atoms with Crippen LogP contribution >= 0.6 is 0 Å². The molecule has 1 aliphatic heterocycles. The van der Waals surface area contributed by atoms with Crippen LogP contribution in [0.4, 0.5) is 5.69 Å². The van der Waals surface area contributed by atoms with Crippen molar-refractivity contribution in [3.05, 3.63) is 30.3 Å². The fraction of sp³-hybridized carbons (Fsp3) is 0.667. The number of amides is 1. The van der Waals surface area contributed by atoms with Crippen LogP contribution in [0.15, 0.2) is 30.3 Å². The number of piperazine rings is 1. The van der Waals surface area contributed by atoms with Gasteiger partial charge >= 0.3 is 0 Å². The highest BCUT2D eigenvalue weighted by Gasteiger charge is 2.20. The lowest BCUT2D eigenvalue weighted by atomic mass is 9.89. The van der Waals surface area contributed by atoms with Crippen molar-refractivity contribution >= 4 is 11.6 Å². The summed E-state index contributed by atoms with van der Waals surface area (Å²) >= 11 is 0. The summed E-state index contributed by atoms with van der Waals surface area (Å²) in [5.74, 6) is 0.594. The fourth-order valence-corrected chi connectivity index (χ4v) is 4.05. The molecule has 4 heteroatoms. The Kier molecular flexibility index (Phi) is 7.16. The molecule has 1 saturated carbocycles. The Morgan fingerprint density at radius 3 is 2.40 bits per heavy atom. The first-order valence-electron chi connectivity index (χ1n) is 10.1. The smallest absolute Gasteiger partial charge is 0.223 e. The van der Waals surface area contributed by atoms with Gasteiger partial charge in [0.15, 0.2) is 0 Å². The predicted molar refractivity (Wildman–Crippen MR) is 104 cm³/mol. The molecule has 0 atom stereocenters. The Morgan fingerprint density at radius 2 is 1.68 bits per heavy atom. The van der Waals surface area contributed by atoms with Crippen molar-refractivity contribution in [1.82, 2.24) is 10.2 Å². The lowest BCUT2D eigenvalue weighted by molar-refractivity contribution is -0.125. The van der Waals surface area contributed by atoms with Gasteiger partial charge in [0.05, 0.1) is 0 Å². The van der Waals surface area contributed by atoms with E-state index >= 15 is 0 Å². The Bertz CT molecular complexity index is 505. The summed E-state index contributed by atoms with van der Waals surface area (Å²) < 4.78 is 0. The maximum Gasteiger partial charge on any atom is 0.223 e. The summed E-state index contributed by atoms with van der Waals surface area (Å²) in [5.41, 5.74) is 1.34. The van der Waals surface area contributed by atoms with Gasteiger partial charge in [-0.2, -0.15) is 0 Å². The molecule has 1 aromatic rings. The van der Waals surface area contributed by atoms with Gasteiger partial charge in [0.1, 0.15) is 0 Å². The molecule has 4 nitrogen and oxygen atoms in total. The third kappa shape index (κ3) is 5.74. The van der Waals surface area contributed by atoms with E-state index in [0.717, 1.165) is 58.5 Å². The van der Waals surface area contributed by atoms with E-state index in [1.165, 1.54) is 31.4 Å². The third-order valence-corrected chi connectivity index (χ3v) is 5.67. The number of nitrogens with one attached hydrogen (secondary N) is 1. The van der Waals surface area contributed by atoms with Gasteiger partial charge in [-0.05, 0) is 44.4 Å². The molecular weight excluding hydrogens is 310 g/mol. The van der Waals surface area contributed by atoms with E-state index < -0.39 is 0 Å². The van der Waals surface area contributed by atoms with Gasteiger partial charge in [0.2, 0.25) is 5.91 Å². The monoisotopic (exact) mass is 343 g/mol. The number of para-hydroxylation sites is 1. The molecule has 0 unspecified atom stereocenters. The largest absolute Gasteiger partial charge is 0.369 e. The molecule has 0 radical (unpaired) electrons. The van der Waals surface area contributed by atoms with Crippen molar-refractivity contribution in [2.24, 2.45) is 5.92 Å². The van der Waals surface area contributed by atoms with E-state index in [0.29, 0.717) is 11.8 Å². The Morgan fingerprint density at radius 1 is 0.960 bits per heavy atom. The van der Waals surface area contributed by atoms with Gasteiger partial charge in [-0.25, -0.2) is 0 Å². The summed E-state index contributed by atoms with van der Waals surface area (Å²) in [5, 5.41) is 3.15. The molecule has 138 valence electrons. The molecule has 1 amide bonds. The van der Waals surface area contributed by atoms with Crippen molar-refractivity contribution in [2.75, 3.05) is 44.2 Å². The molecule has 1 N–H and O–H groups in total. The summed E-state index contributed by atoms with van der Waals surface area (Å²) in [4.78, 5) is 17.1. The van der Waals surface area contributed by atoms with Crippen LogP contribution in [-0.4, -0.2) is 50.1 Å². The number of rotatable bonds is 7. The molecule has 0 spiro atoms. The van der Waals surface area contributed by atoms with Crippen molar-refractivity contribution < 1.29 is 4.79 Å². The quantitative estimate of drug-likeness (QED) is 0.772. The topological polar surface area (TPSA) is 35.6 Å². The van der Waals surface area contributed by atoms with Crippen LogP contribution in [0.2, 0.25) is 0 Å². The van der Waals surface area contributed by atoms with Crippen LogP contribution in [0.5, 0.6) is 0 Å². The normalized spacial score (nSPS) is 19.8. The lowest BCUT2D eigenvalue weighted by Gasteiger charge is -2.36. The van der Waals surface area contributed by atoms with Crippen LogP contribution in [0.1, 0.15) is 44.9 Å². The molecule has 0 aromatic heterocycles. The highest BCUT2D eigenvalue weighted by atomic mass is 16.1. The number of anilines is 1. The number of carbonyl (C=O) groups is 1. The third-order valence-electron chi connectivity index (χ3n) is 5.67. The molecule has 2 fully saturated rings. The van der Waals surface area contributed by atoms with Gasteiger partial charge < -0.3 is 10.2 Å². The average Bonchev–Trinajstić information content (AvgIpc) is 2.69. The molecule has 1 aliphatic carbocycles. The van der Waals surface area contributed by atoms with Gasteiger partial charge in [-0.15, -0.1) is 0 Å². The van der Waals surface area contributed by atoms with Gasteiger partial charge in [-0.3, -0.25) is 9.69 Å². The van der Waals surface area contributed by atoms with Crippen LogP contribution in [-0.2, 0) is 4.79 Å². The SMILES string of the molecule is O=C(NCCCCN1CCN(c2ccccc2)CC1)C1CCCCC1. The van der Waals surface area contributed by atoms with Crippen molar-refractivity contribution in [3.63, 3.8) is 0 Å². The van der Waals surface area contributed by atoms with Gasteiger partial charge in [0, 0.05) is 44.3 Å². The average molecular weight is 344 g/mol. The number of carbonyl (C=O) groups excluding carboxylic acids is 1. The Balaban J connectivity index is 1.25. The number of hydrogen-bond donors (Lipinski definition) is 1. The molecule has 2 aliphatic rings. The highest BCUT2D eigenvalue weighted by Crippen LogP contribution is 2.23. The van der Waals surface area contributed by atoms with Crippen molar-refractivity contribution in [3.8, 4) is 0 Å². The molecule has 1 aromatic carbocycles. The second-order valence-corrected chi connectivity index (χ2v) is 7.50. The zero-order valence-corrected chi connectivity index (χ0v) is 15.5. The molecule has 1 heterocycles. The fourth-order valence-electron chi connectivity index (χ4n) is 4.05. The Labute approximate surface area is 152 Å². The van der Waals surface area contributed by atoms with Crippen molar-refractivity contribution in [1.29, 1.82) is 0 Å². The highest BCUT2D eigenvalue weighted by molar-refractivity contribution is 5.78. The van der Waals surface area contributed by atoms with Gasteiger partial charge in [0.25, 0.3) is 0 Å². The van der Waals surface area contributed by atoms with E-state index in [1.54, 1.807) is 0 Å². The van der Waals surface area contributed by atoms with Crippen LogP contribution in [0.3, 0.4) is 0 Å².